The fraction of sp³-hybridized carbons (Fsp3) is 0.583. The average Bonchev–Trinajstić information content (AvgIpc) is 2.09. The molecule has 0 aromatic rings. The molecule has 0 atom stereocenters. The lowest BCUT2D eigenvalue weighted by atomic mass is 9.77. The number of allylic oxidation sites excluding steroid dienone is 3. The van der Waals surface area contributed by atoms with E-state index < -0.39 is 0 Å². The van der Waals surface area contributed by atoms with Gasteiger partial charge in [0.2, 0.25) is 0 Å². The maximum absolute atomic E-state index is 11.3. The van der Waals surface area contributed by atoms with Gasteiger partial charge in [-0.1, -0.05) is 37.6 Å². The van der Waals surface area contributed by atoms with Gasteiger partial charge in [0, 0.05) is 0 Å². The molecule has 0 aromatic heterocycles. The molecule has 0 aliphatic heterocycles. The lowest BCUT2D eigenvalue weighted by Gasteiger charge is -2.28. The maximum Gasteiger partial charge on any atom is 0.309 e. The van der Waals surface area contributed by atoms with Crippen molar-refractivity contribution in [2.45, 2.75) is 33.6 Å². The van der Waals surface area contributed by atoms with Gasteiger partial charge < -0.3 is 4.74 Å². The second kappa shape index (κ2) is 4.45. The minimum absolute atomic E-state index is 0.0987. The number of ether oxygens (including phenoxy) is 1. The molecule has 1 rings (SSSR count). The highest BCUT2D eigenvalue weighted by Gasteiger charge is 2.25. The highest BCUT2D eigenvalue weighted by Crippen LogP contribution is 2.35. The first kappa shape index (κ1) is 11.0. The molecule has 0 bridgehead atoms. The monoisotopic (exact) mass is 194 g/mol. The highest BCUT2D eigenvalue weighted by molar-refractivity contribution is 5.73. The largest absolute Gasteiger partial charge is 0.466 e. The van der Waals surface area contributed by atoms with E-state index >= 15 is 0 Å². The van der Waals surface area contributed by atoms with Gasteiger partial charge >= 0.3 is 5.97 Å². The third-order valence-corrected chi connectivity index (χ3v) is 2.57. The van der Waals surface area contributed by atoms with Crippen molar-refractivity contribution in [3.8, 4) is 0 Å². The van der Waals surface area contributed by atoms with Crippen LogP contribution in [0.2, 0.25) is 0 Å². The topological polar surface area (TPSA) is 26.3 Å². The first-order valence-corrected chi connectivity index (χ1v) is 5.08. The van der Waals surface area contributed by atoms with Crippen LogP contribution in [0.25, 0.3) is 0 Å². The summed E-state index contributed by atoms with van der Waals surface area (Å²) in [5.74, 6) is -0.123. The minimum Gasteiger partial charge on any atom is -0.466 e. The van der Waals surface area contributed by atoms with E-state index in [4.69, 9.17) is 4.74 Å². The molecule has 1 aliphatic carbocycles. The molecule has 1 aliphatic rings. The molecule has 14 heavy (non-hydrogen) atoms. The molecule has 0 radical (unpaired) electrons. The molecule has 78 valence electrons. The highest BCUT2D eigenvalue weighted by atomic mass is 16.5. The number of hydrogen-bond acceptors (Lipinski definition) is 2. The van der Waals surface area contributed by atoms with E-state index in [9.17, 15) is 4.79 Å². The van der Waals surface area contributed by atoms with Crippen molar-refractivity contribution in [3.63, 3.8) is 0 Å². The summed E-state index contributed by atoms with van der Waals surface area (Å²) < 4.78 is 4.93. The van der Waals surface area contributed by atoms with Crippen LogP contribution in [-0.2, 0) is 9.53 Å². The van der Waals surface area contributed by atoms with Gasteiger partial charge in [-0.25, -0.2) is 0 Å². The average molecular weight is 194 g/mol. The number of esters is 1. The molecular formula is C12H18O2. The van der Waals surface area contributed by atoms with Gasteiger partial charge in [-0.15, -0.1) is 0 Å². The van der Waals surface area contributed by atoms with Crippen LogP contribution in [0.4, 0.5) is 0 Å². The molecule has 0 N–H and O–H groups in total. The summed E-state index contributed by atoms with van der Waals surface area (Å²) in [6, 6.07) is 0. The molecule has 0 amide bonds. The molecular weight excluding hydrogens is 176 g/mol. The SMILES string of the molecule is CCOC(=O)CC1=CC=CCC1(C)C. The zero-order chi connectivity index (χ0) is 10.6. The van der Waals surface area contributed by atoms with Crippen LogP contribution in [0.15, 0.2) is 23.8 Å². The normalized spacial score (nSPS) is 18.9. The number of hydrogen-bond donors (Lipinski definition) is 0. The summed E-state index contributed by atoms with van der Waals surface area (Å²) in [4.78, 5) is 11.3. The van der Waals surface area contributed by atoms with Crippen LogP contribution in [0.5, 0.6) is 0 Å². The summed E-state index contributed by atoms with van der Waals surface area (Å²) in [6.07, 6.45) is 7.60. The predicted octanol–water partition coefficient (Wildman–Crippen LogP) is 2.85. The van der Waals surface area contributed by atoms with Crippen LogP contribution in [-0.4, -0.2) is 12.6 Å². The van der Waals surface area contributed by atoms with Crippen molar-refractivity contribution >= 4 is 5.97 Å². The molecule has 0 aromatic carbocycles. The Morgan fingerprint density at radius 2 is 2.29 bits per heavy atom. The number of carbonyl (C=O) groups excluding carboxylic acids is 1. The third kappa shape index (κ3) is 2.72. The summed E-state index contributed by atoms with van der Waals surface area (Å²) >= 11 is 0. The first-order chi connectivity index (χ1) is 6.56. The standard InChI is InChI=1S/C12H18O2/c1-4-14-11(13)9-10-7-5-6-8-12(10,2)3/h5-7H,4,8-9H2,1-3H3. The molecule has 0 saturated carbocycles. The van der Waals surface area contributed by atoms with Crippen LogP contribution in [0.3, 0.4) is 0 Å². The molecule has 0 spiro atoms. The van der Waals surface area contributed by atoms with E-state index in [1.165, 1.54) is 5.57 Å². The fourth-order valence-electron chi connectivity index (χ4n) is 1.57. The van der Waals surface area contributed by atoms with Gasteiger partial charge in [0.15, 0.2) is 0 Å². The molecule has 0 unspecified atom stereocenters. The molecule has 2 heteroatoms. The predicted molar refractivity (Wildman–Crippen MR) is 56.9 cm³/mol. The Labute approximate surface area is 85.6 Å². The molecule has 0 heterocycles. The van der Waals surface area contributed by atoms with Gasteiger partial charge in [-0.3, -0.25) is 4.79 Å². The van der Waals surface area contributed by atoms with E-state index in [0.717, 1.165) is 6.42 Å². The van der Waals surface area contributed by atoms with Gasteiger partial charge in [0.25, 0.3) is 0 Å². The van der Waals surface area contributed by atoms with Gasteiger partial charge in [0.1, 0.15) is 0 Å². The van der Waals surface area contributed by atoms with Crippen molar-refractivity contribution in [2.24, 2.45) is 5.41 Å². The van der Waals surface area contributed by atoms with Crippen LogP contribution < -0.4 is 0 Å². The zero-order valence-corrected chi connectivity index (χ0v) is 9.17. The van der Waals surface area contributed by atoms with Gasteiger partial charge in [-0.05, 0) is 18.8 Å². The van der Waals surface area contributed by atoms with E-state index in [1.54, 1.807) is 0 Å². The molecule has 0 fully saturated rings. The Kier molecular flexibility index (Phi) is 3.50. The van der Waals surface area contributed by atoms with Crippen LogP contribution >= 0.6 is 0 Å². The summed E-state index contributed by atoms with van der Waals surface area (Å²) in [5, 5.41) is 0. The van der Waals surface area contributed by atoms with E-state index in [0.29, 0.717) is 13.0 Å². The third-order valence-electron chi connectivity index (χ3n) is 2.57. The van der Waals surface area contributed by atoms with E-state index in [2.05, 4.69) is 19.9 Å². The Balaban J connectivity index is 2.62. The Morgan fingerprint density at radius 1 is 1.57 bits per heavy atom. The van der Waals surface area contributed by atoms with Crippen molar-refractivity contribution in [1.82, 2.24) is 0 Å². The Morgan fingerprint density at radius 3 is 2.86 bits per heavy atom. The van der Waals surface area contributed by atoms with Crippen molar-refractivity contribution in [2.75, 3.05) is 6.61 Å². The second-order valence-electron chi connectivity index (χ2n) is 4.19. The molecule has 0 saturated heterocycles. The van der Waals surface area contributed by atoms with Crippen LogP contribution in [0, 0.1) is 5.41 Å². The van der Waals surface area contributed by atoms with Gasteiger partial charge in [0.05, 0.1) is 13.0 Å². The number of carbonyl (C=O) groups is 1. The quantitative estimate of drug-likeness (QED) is 0.646. The fourth-order valence-corrected chi connectivity index (χ4v) is 1.57. The smallest absolute Gasteiger partial charge is 0.309 e. The van der Waals surface area contributed by atoms with Crippen molar-refractivity contribution < 1.29 is 9.53 Å². The van der Waals surface area contributed by atoms with Crippen molar-refractivity contribution in [3.05, 3.63) is 23.8 Å². The Hall–Kier alpha value is -1.05. The lowest BCUT2D eigenvalue weighted by molar-refractivity contribution is -0.142. The summed E-state index contributed by atoms with van der Waals surface area (Å²) in [7, 11) is 0. The second-order valence-corrected chi connectivity index (χ2v) is 4.19. The Bertz CT molecular complexity index is 272. The van der Waals surface area contributed by atoms with Crippen molar-refractivity contribution in [1.29, 1.82) is 0 Å². The maximum atomic E-state index is 11.3. The number of rotatable bonds is 3. The van der Waals surface area contributed by atoms with E-state index in [1.807, 2.05) is 19.1 Å². The zero-order valence-electron chi connectivity index (χ0n) is 9.17. The molecule has 2 nitrogen and oxygen atoms in total. The van der Waals surface area contributed by atoms with Gasteiger partial charge in [-0.2, -0.15) is 0 Å². The minimum atomic E-state index is -0.123. The van der Waals surface area contributed by atoms with E-state index in [-0.39, 0.29) is 11.4 Å². The first-order valence-electron chi connectivity index (χ1n) is 5.08. The van der Waals surface area contributed by atoms with Crippen LogP contribution in [0.1, 0.15) is 33.6 Å². The summed E-state index contributed by atoms with van der Waals surface area (Å²) in [6.45, 7) is 6.60. The lowest BCUT2D eigenvalue weighted by Crippen LogP contribution is -2.19. The summed E-state index contributed by atoms with van der Waals surface area (Å²) in [5.41, 5.74) is 1.26.